The van der Waals surface area contributed by atoms with Crippen LogP contribution in [-0.4, -0.2) is 22.9 Å². The molecule has 1 saturated carbocycles. The molecule has 1 aliphatic carbocycles. The van der Waals surface area contributed by atoms with Crippen LogP contribution < -0.4 is 11.1 Å². The van der Waals surface area contributed by atoms with Crippen LogP contribution in [0.3, 0.4) is 0 Å². The molecule has 1 aromatic carbocycles. The summed E-state index contributed by atoms with van der Waals surface area (Å²) in [7, 11) is 0. The second kappa shape index (κ2) is 6.19. The number of rotatable bonds is 3. The highest BCUT2D eigenvalue weighted by Gasteiger charge is 2.26. The number of nitrogens with one attached hydrogen (secondary N) is 1. The number of carbonyl (C=O) groups is 1. The molecule has 108 valence electrons. The lowest BCUT2D eigenvalue weighted by Gasteiger charge is -2.26. The van der Waals surface area contributed by atoms with E-state index in [2.05, 4.69) is 5.32 Å². The van der Waals surface area contributed by atoms with Crippen LogP contribution in [0.15, 0.2) is 18.2 Å². The maximum absolute atomic E-state index is 12.2. The molecule has 1 aliphatic rings. The first-order valence-corrected chi connectivity index (χ1v) is 6.86. The molecule has 0 heterocycles. The monoisotopic (exact) mass is 297 g/mol. The van der Waals surface area contributed by atoms with E-state index in [1.807, 2.05) is 0 Å². The minimum Gasteiger partial charge on any atom is -0.349 e. The van der Waals surface area contributed by atoms with Gasteiger partial charge in [-0.05, 0) is 31.7 Å². The van der Waals surface area contributed by atoms with E-state index in [1.165, 1.54) is 18.2 Å². The number of amides is 1. The SMILES string of the molecule is NC1CCC(NC(=O)c2c(Cl)cccc2[N+](=O)[O-])CC1. The fourth-order valence-corrected chi connectivity index (χ4v) is 2.67. The zero-order chi connectivity index (χ0) is 14.7. The van der Waals surface area contributed by atoms with Gasteiger partial charge in [-0.3, -0.25) is 14.9 Å². The van der Waals surface area contributed by atoms with Gasteiger partial charge in [0.25, 0.3) is 11.6 Å². The third-order valence-electron chi connectivity index (χ3n) is 3.52. The molecule has 0 radical (unpaired) electrons. The predicted molar refractivity (Wildman–Crippen MR) is 75.8 cm³/mol. The van der Waals surface area contributed by atoms with E-state index in [0.717, 1.165) is 25.7 Å². The molecule has 3 N–H and O–H groups in total. The molecule has 1 aromatic rings. The van der Waals surface area contributed by atoms with Crippen molar-refractivity contribution >= 4 is 23.2 Å². The number of nitro groups is 1. The van der Waals surface area contributed by atoms with E-state index >= 15 is 0 Å². The standard InChI is InChI=1S/C13H16ClN3O3/c14-10-2-1-3-11(17(19)20)12(10)13(18)16-9-6-4-8(15)5-7-9/h1-3,8-9H,4-7,15H2,(H,16,18). The smallest absolute Gasteiger partial charge is 0.283 e. The van der Waals surface area contributed by atoms with Gasteiger partial charge >= 0.3 is 0 Å². The van der Waals surface area contributed by atoms with Crippen LogP contribution in [0.2, 0.25) is 5.02 Å². The molecule has 0 unspecified atom stereocenters. The van der Waals surface area contributed by atoms with Crippen molar-refractivity contribution < 1.29 is 9.72 Å². The molecule has 2 rings (SSSR count). The number of carbonyl (C=O) groups excluding carboxylic acids is 1. The van der Waals surface area contributed by atoms with Crippen molar-refractivity contribution in [2.24, 2.45) is 5.73 Å². The molecule has 0 saturated heterocycles. The molecule has 0 aliphatic heterocycles. The fraction of sp³-hybridized carbons (Fsp3) is 0.462. The topological polar surface area (TPSA) is 98.3 Å². The summed E-state index contributed by atoms with van der Waals surface area (Å²) < 4.78 is 0. The summed E-state index contributed by atoms with van der Waals surface area (Å²) in [4.78, 5) is 22.6. The van der Waals surface area contributed by atoms with Gasteiger partial charge in [0, 0.05) is 18.2 Å². The number of nitro benzene ring substituents is 1. The molecule has 0 spiro atoms. The lowest BCUT2D eigenvalue weighted by atomic mass is 9.91. The molecule has 1 amide bonds. The largest absolute Gasteiger partial charge is 0.349 e. The molecular formula is C13H16ClN3O3. The van der Waals surface area contributed by atoms with Crippen molar-refractivity contribution in [3.05, 3.63) is 38.9 Å². The first-order chi connectivity index (χ1) is 9.49. The lowest BCUT2D eigenvalue weighted by Crippen LogP contribution is -2.40. The van der Waals surface area contributed by atoms with Gasteiger partial charge in [0.05, 0.1) is 9.95 Å². The minimum atomic E-state index is -0.600. The van der Waals surface area contributed by atoms with Crippen LogP contribution in [0, 0.1) is 10.1 Å². The fourth-order valence-electron chi connectivity index (χ4n) is 2.41. The molecule has 6 nitrogen and oxygen atoms in total. The van der Waals surface area contributed by atoms with Gasteiger partial charge in [-0.1, -0.05) is 17.7 Å². The Morgan fingerprint density at radius 2 is 2.00 bits per heavy atom. The third-order valence-corrected chi connectivity index (χ3v) is 3.84. The molecular weight excluding hydrogens is 282 g/mol. The number of hydrogen-bond donors (Lipinski definition) is 2. The molecule has 1 fully saturated rings. The first kappa shape index (κ1) is 14.7. The Balaban J connectivity index is 2.15. The predicted octanol–water partition coefficient (Wildman–Crippen LogP) is 2.25. The van der Waals surface area contributed by atoms with E-state index < -0.39 is 10.8 Å². The number of halogens is 1. The van der Waals surface area contributed by atoms with Crippen LogP contribution in [-0.2, 0) is 0 Å². The Morgan fingerprint density at radius 3 is 2.60 bits per heavy atom. The quantitative estimate of drug-likeness (QED) is 0.660. The van der Waals surface area contributed by atoms with Gasteiger partial charge < -0.3 is 11.1 Å². The summed E-state index contributed by atoms with van der Waals surface area (Å²) in [6.07, 6.45) is 3.25. The van der Waals surface area contributed by atoms with E-state index in [4.69, 9.17) is 17.3 Å². The van der Waals surface area contributed by atoms with Gasteiger partial charge in [-0.15, -0.1) is 0 Å². The van der Waals surface area contributed by atoms with E-state index in [1.54, 1.807) is 0 Å². The van der Waals surface area contributed by atoms with Gasteiger partial charge in [-0.2, -0.15) is 0 Å². The van der Waals surface area contributed by atoms with Crippen molar-refractivity contribution in [1.82, 2.24) is 5.32 Å². The number of benzene rings is 1. The highest BCUT2D eigenvalue weighted by Crippen LogP contribution is 2.27. The van der Waals surface area contributed by atoms with Gasteiger partial charge in [-0.25, -0.2) is 0 Å². The van der Waals surface area contributed by atoms with Crippen LogP contribution >= 0.6 is 11.6 Å². The summed E-state index contributed by atoms with van der Waals surface area (Å²) in [5.74, 6) is -0.497. The second-order valence-corrected chi connectivity index (χ2v) is 5.38. The van der Waals surface area contributed by atoms with Crippen LogP contribution in [0.25, 0.3) is 0 Å². The van der Waals surface area contributed by atoms with Gasteiger partial charge in [0.15, 0.2) is 0 Å². The lowest BCUT2D eigenvalue weighted by molar-refractivity contribution is -0.385. The van der Waals surface area contributed by atoms with E-state index in [-0.39, 0.29) is 28.4 Å². The summed E-state index contributed by atoms with van der Waals surface area (Å²) >= 11 is 5.92. The normalized spacial score (nSPS) is 22.3. The third kappa shape index (κ3) is 3.26. The Bertz CT molecular complexity index is 528. The van der Waals surface area contributed by atoms with Gasteiger partial charge in [0.1, 0.15) is 5.56 Å². The first-order valence-electron chi connectivity index (χ1n) is 6.48. The summed E-state index contributed by atoms with van der Waals surface area (Å²) in [5.41, 5.74) is 5.45. The van der Waals surface area contributed by atoms with Gasteiger partial charge in [0.2, 0.25) is 0 Å². The highest BCUT2D eigenvalue weighted by atomic mass is 35.5. The number of nitrogens with zero attached hydrogens (tertiary/aromatic N) is 1. The second-order valence-electron chi connectivity index (χ2n) is 4.98. The molecule has 0 bridgehead atoms. The zero-order valence-electron chi connectivity index (χ0n) is 10.8. The van der Waals surface area contributed by atoms with Crippen LogP contribution in [0.5, 0.6) is 0 Å². The van der Waals surface area contributed by atoms with Crippen LogP contribution in [0.1, 0.15) is 36.0 Å². The average molecular weight is 298 g/mol. The Hall–Kier alpha value is -1.66. The minimum absolute atomic E-state index is 0.00169. The molecule has 7 heteroatoms. The van der Waals surface area contributed by atoms with Crippen molar-refractivity contribution in [3.63, 3.8) is 0 Å². The highest BCUT2D eigenvalue weighted by molar-refractivity contribution is 6.34. The zero-order valence-corrected chi connectivity index (χ0v) is 11.6. The number of nitrogens with two attached hydrogens (primary N) is 1. The molecule has 0 atom stereocenters. The average Bonchev–Trinajstić information content (AvgIpc) is 2.40. The Labute approximate surface area is 121 Å². The Kier molecular flexibility index (Phi) is 4.57. The van der Waals surface area contributed by atoms with E-state index in [0.29, 0.717) is 0 Å². The maximum atomic E-state index is 12.2. The molecule has 20 heavy (non-hydrogen) atoms. The van der Waals surface area contributed by atoms with Crippen LogP contribution in [0.4, 0.5) is 5.69 Å². The summed E-state index contributed by atoms with van der Waals surface area (Å²) in [6.45, 7) is 0. The summed E-state index contributed by atoms with van der Waals surface area (Å²) in [5, 5.41) is 13.9. The summed E-state index contributed by atoms with van der Waals surface area (Å²) in [6, 6.07) is 4.38. The van der Waals surface area contributed by atoms with E-state index in [9.17, 15) is 14.9 Å². The Morgan fingerprint density at radius 1 is 1.35 bits per heavy atom. The van der Waals surface area contributed by atoms with Crippen molar-refractivity contribution in [3.8, 4) is 0 Å². The number of hydrogen-bond acceptors (Lipinski definition) is 4. The van der Waals surface area contributed by atoms with Crippen molar-refractivity contribution in [2.45, 2.75) is 37.8 Å². The van der Waals surface area contributed by atoms with Crippen molar-refractivity contribution in [1.29, 1.82) is 0 Å². The van der Waals surface area contributed by atoms with Crippen molar-refractivity contribution in [2.75, 3.05) is 0 Å². The molecule has 0 aromatic heterocycles. The maximum Gasteiger partial charge on any atom is 0.283 e.